The molecule has 1 aromatic rings. The van der Waals surface area contributed by atoms with Gasteiger partial charge in [-0.2, -0.15) is 0 Å². The summed E-state index contributed by atoms with van der Waals surface area (Å²) in [5.41, 5.74) is 7.02. The Labute approximate surface area is 84.7 Å². The SMILES string of the molecule is CNC(c1cccnc1N)C1CCC1. The van der Waals surface area contributed by atoms with Crippen LogP contribution in [0.1, 0.15) is 30.9 Å². The van der Waals surface area contributed by atoms with E-state index in [2.05, 4.69) is 16.4 Å². The Hall–Kier alpha value is -1.09. The molecule has 3 nitrogen and oxygen atoms in total. The summed E-state index contributed by atoms with van der Waals surface area (Å²) in [6.07, 6.45) is 5.70. The summed E-state index contributed by atoms with van der Waals surface area (Å²) in [7, 11) is 2.00. The molecule has 0 radical (unpaired) electrons. The van der Waals surface area contributed by atoms with E-state index < -0.39 is 0 Å². The lowest BCUT2D eigenvalue weighted by Gasteiger charge is -2.34. The number of nitrogen functional groups attached to an aromatic ring is 1. The third kappa shape index (κ3) is 1.60. The van der Waals surface area contributed by atoms with E-state index in [9.17, 15) is 0 Å². The van der Waals surface area contributed by atoms with Gasteiger partial charge in [0.05, 0.1) is 0 Å². The summed E-state index contributed by atoms with van der Waals surface area (Å²) < 4.78 is 0. The van der Waals surface area contributed by atoms with Crippen LogP contribution in [0.3, 0.4) is 0 Å². The minimum atomic E-state index is 0.387. The number of pyridine rings is 1. The first-order valence-electron chi connectivity index (χ1n) is 5.20. The first-order chi connectivity index (χ1) is 6.83. The van der Waals surface area contributed by atoms with Crippen LogP contribution in [0.15, 0.2) is 18.3 Å². The van der Waals surface area contributed by atoms with Gasteiger partial charge < -0.3 is 11.1 Å². The highest BCUT2D eigenvalue weighted by Crippen LogP contribution is 2.38. The molecule has 0 amide bonds. The maximum absolute atomic E-state index is 5.86. The number of anilines is 1. The fourth-order valence-electron chi connectivity index (χ4n) is 2.11. The van der Waals surface area contributed by atoms with Crippen molar-refractivity contribution in [1.29, 1.82) is 0 Å². The lowest BCUT2D eigenvalue weighted by Crippen LogP contribution is -2.30. The highest BCUT2D eigenvalue weighted by Gasteiger charge is 2.28. The highest BCUT2D eigenvalue weighted by atomic mass is 14.9. The molecule has 3 N–H and O–H groups in total. The number of hydrogen-bond donors (Lipinski definition) is 2. The van der Waals surface area contributed by atoms with Crippen LogP contribution in [0, 0.1) is 5.92 Å². The second-order valence-corrected chi connectivity index (χ2v) is 3.94. The monoisotopic (exact) mass is 191 g/mol. The van der Waals surface area contributed by atoms with E-state index >= 15 is 0 Å². The molecular formula is C11H17N3. The Kier molecular flexibility index (Phi) is 2.68. The van der Waals surface area contributed by atoms with E-state index in [-0.39, 0.29) is 0 Å². The van der Waals surface area contributed by atoms with Gasteiger partial charge in [-0.1, -0.05) is 12.5 Å². The Morgan fingerprint density at radius 1 is 1.57 bits per heavy atom. The summed E-state index contributed by atoms with van der Waals surface area (Å²) in [6.45, 7) is 0. The van der Waals surface area contributed by atoms with Gasteiger partial charge >= 0.3 is 0 Å². The molecule has 0 saturated heterocycles. The van der Waals surface area contributed by atoms with Crippen molar-refractivity contribution >= 4 is 5.82 Å². The van der Waals surface area contributed by atoms with Gasteiger partial charge in [-0.25, -0.2) is 4.98 Å². The molecule has 0 spiro atoms. The number of aromatic nitrogens is 1. The summed E-state index contributed by atoms with van der Waals surface area (Å²) >= 11 is 0. The Balaban J connectivity index is 2.22. The molecule has 14 heavy (non-hydrogen) atoms. The zero-order chi connectivity index (χ0) is 9.97. The molecule has 1 atom stereocenters. The normalized spacial score (nSPS) is 18.9. The summed E-state index contributed by atoms with van der Waals surface area (Å²) in [5.74, 6) is 1.41. The van der Waals surface area contributed by atoms with Crippen LogP contribution in [-0.4, -0.2) is 12.0 Å². The maximum Gasteiger partial charge on any atom is 0.128 e. The lowest BCUT2D eigenvalue weighted by atomic mass is 9.77. The third-order valence-corrected chi connectivity index (χ3v) is 3.14. The van der Waals surface area contributed by atoms with Crippen molar-refractivity contribution in [2.45, 2.75) is 25.3 Å². The minimum Gasteiger partial charge on any atom is -0.383 e. The van der Waals surface area contributed by atoms with Gasteiger partial charge in [-0.3, -0.25) is 0 Å². The topological polar surface area (TPSA) is 50.9 Å². The van der Waals surface area contributed by atoms with E-state index in [1.807, 2.05) is 13.1 Å². The molecule has 1 unspecified atom stereocenters. The molecule has 0 bridgehead atoms. The number of nitrogens with two attached hydrogens (primary N) is 1. The number of nitrogens with zero attached hydrogens (tertiary/aromatic N) is 1. The van der Waals surface area contributed by atoms with Crippen LogP contribution in [0.5, 0.6) is 0 Å². The fourth-order valence-corrected chi connectivity index (χ4v) is 2.11. The quantitative estimate of drug-likeness (QED) is 0.765. The van der Waals surface area contributed by atoms with E-state index in [0.29, 0.717) is 11.9 Å². The van der Waals surface area contributed by atoms with Crippen LogP contribution >= 0.6 is 0 Å². The van der Waals surface area contributed by atoms with E-state index in [1.54, 1.807) is 6.20 Å². The van der Waals surface area contributed by atoms with Crippen LogP contribution in [0.2, 0.25) is 0 Å². The van der Waals surface area contributed by atoms with Gasteiger partial charge in [0.25, 0.3) is 0 Å². The number of nitrogens with one attached hydrogen (secondary N) is 1. The molecule has 2 rings (SSSR count). The molecule has 0 aliphatic heterocycles. The molecule has 76 valence electrons. The second kappa shape index (κ2) is 3.96. The summed E-state index contributed by atoms with van der Waals surface area (Å²) in [6, 6.07) is 4.41. The molecule has 3 heteroatoms. The van der Waals surface area contributed by atoms with E-state index in [0.717, 1.165) is 11.5 Å². The lowest BCUT2D eigenvalue weighted by molar-refractivity contribution is 0.239. The van der Waals surface area contributed by atoms with Gasteiger partial charge in [-0.05, 0) is 31.9 Å². The van der Waals surface area contributed by atoms with Gasteiger partial charge in [-0.15, -0.1) is 0 Å². The number of rotatable bonds is 3. The maximum atomic E-state index is 5.86. The van der Waals surface area contributed by atoms with Crippen LogP contribution in [-0.2, 0) is 0 Å². The van der Waals surface area contributed by atoms with Gasteiger partial charge in [0, 0.05) is 17.8 Å². The minimum absolute atomic E-state index is 0.387. The Morgan fingerprint density at radius 3 is 2.86 bits per heavy atom. The molecule has 1 aromatic heterocycles. The average Bonchev–Trinajstić information content (AvgIpc) is 2.12. The van der Waals surface area contributed by atoms with Gasteiger partial charge in [0.1, 0.15) is 5.82 Å². The van der Waals surface area contributed by atoms with Crippen LogP contribution < -0.4 is 11.1 Å². The van der Waals surface area contributed by atoms with E-state index in [4.69, 9.17) is 5.73 Å². The predicted molar refractivity (Wildman–Crippen MR) is 57.8 cm³/mol. The van der Waals surface area contributed by atoms with Crippen molar-refractivity contribution in [3.8, 4) is 0 Å². The number of hydrogen-bond acceptors (Lipinski definition) is 3. The molecular weight excluding hydrogens is 174 g/mol. The largest absolute Gasteiger partial charge is 0.383 e. The molecule has 1 aliphatic carbocycles. The Morgan fingerprint density at radius 2 is 2.36 bits per heavy atom. The fraction of sp³-hybridized carbons (Fsp3) is 0.545. The zero-order valence-corrected chi connectivity index (χ0v) is 8.53. The van der Waals surface area contributed by atoms with Crippen molar-refractivity contribution in [2.24, 2.45) is 5.92 Å². The van der Waals surface area contributed by atoms with Crippen molar-refractivity contribution in [3.63, 3.8) is 0 Å². The molecule has 1 heterocycles. The standard InChI is InChI=1S/C11H17N3/c1-13-10(8-4-2-5-8)9-6-3-7-14-11(9)12/h3,6-8,10,13H,2,4-5H2,1H3,(H2,12,14). The van der Waals surface area contributed by atoms with E-state index in [1.165, 1.54) is 19.3 Å². The highest BCUT2D eigenvalue weighted by molar-refractivity contribution is 5.41. The smallest absolute Gasteiger partial charge is 0.128 e. The van der Waals surface area contributed by atoms with Crippen LogP contribution in [0.25, 0.3) is 0 Å². The average molecular weight is 191 g/mol. The zero-order valence-electron chi connectivity index (χ0n) is 8.53. The summed E-state index contributed by atoms with van der Waals surface area (Å²) in [5, 5.41) is 3.34. The van der Waals surface area contributed by atoms with Crippen molar-refractivity contribution in [1.82, 2.24) is 10.3 Å². The molecule has 1 saturated carbocycles. The molecule has 1 aliphatic rings. The molecule has 0 aromatic carbocycles. The predicted octanol–water partition coefficient (Wildman–Crippen LogP) is 1.72. The van der Waals surface area contributed by atoms with Gasteiger partial charge in [0.2, 0.25) is 0 Å². The van der Waals surface area contributed by atoms with Crippen molar-refractivity contribution < 1.29 is 0 Å². The second-order valence-electron chi connectivity index (χ2n) is 3.94. The first kappa shape index (κ1) is 9.46. The third-order valence-electron chi connectivity index (χ3n) is 3.14. The van der Waals surface area contributed by atoms with Crippen LogP contribution in [0.4, 0.5) is 5.82 Å². The molecule has 1 fully saturated rings. The van der Waals surface area contributed by atoms with Gasteiger partial charge in [0.15, 0.2) is 0 Å². The summed E-state index contributed by atoms with van der Waals surface area (Å²) in [4.78, 5) is 4.13. The van der Waals surface area contributed by atoms with Crippen molar-refractivity contribution in [2.75, 3.05) is 12.8 Å². The van der Waals surface area contributed by atoms with Crippen molar-refractivity contribution in [3.05, 3.63) is 23.9 Å². The first-order valence-corrected chi connectivity index (χ1v) is 5.20. The Bertz CT molecular complexity index is 307.